The predicted molar refractivity (Wildman–Crippen MR) is 124 cm³/mol. The number of thiophene rings is 1. The van der Waals surface area contributed by atoms with Crippen LogP contribution in [0.2, 0.25) is 5.02 Å². The van der Waals surface area contributed by atoms with Crippen LogP contribution in [0.4, 0.5) is 10.2 Å². The second-order valence-electron chi connectivity index (χ2n) is 7.59. The molecule has 1 fully saturated rings. The van der Waals surface area contributed by atoms with Crippen molar-refractivity contribution >= 4 is 34.7 Å². The molecule has 9 heteroatoms. The van der Waals surface area contributed by atoms with Gasteiger partial charge < -0.3 is 14.5 Å². The van der Waals surface area contributed by atoms with Gasteiger partial charge in [0.05, 0.1) is 17.2 Å². The molecule has 1 aliphatic rings. The van der Waals surface area contributed by atoms with Crippen molar-refractivity contribution in [1.29, 1.82) is 0 Å². The Bertz CT molecular complexity index is 1080. The van der Waals surface area contributed by atoms with Crippen molar-refractivity contribution < 1.29 is 13.9 Å². The Morgan fingerprint density at radius 3 is 2.59 bits per heavy atom. The zero-order chi connectivity index (χ0) is 22.7. The monoisotopic (exact) mass is 474 g/mol. The Kier molecular flexibility index (Phi) is 7.03. The molecule has 0 atom stereocenters. The van der Waals surface area contributed by atoms with Crippen LogP contribution >= 0.6 is 22.9 Å². The fourth-order valence-corrected chi connectivity index (χ4v) is 4.81. The van der Waals surface area contributed by atoms with E-state index in [1.807, 2.05) is 29.3 Å². The lowest BCUT2D eigenvalue weighted by molar-refractivity contribution is 0.0751. The van der Waals surface area contributed by atoms with Gasteiger partial charge in [0, 0.05) is 55.9 Å². The standard InChI is InChI=1S/C23H24ClFN4O2S/c1-15-26-20(14-31-2)17(13-16-18(24)5-3-6-19(16)25)22(27-15)28-8-10-29(11-9-28)23(30)21-7-4-12-32-21/h3-7,12H,8-11,13-14H2,1-2H3. The van der Waals surface area contributed by atoms with E-state index in [-0.39, 0.29) is 24.8 Å². The topological polar surface area (TPSA) is 58.6 Å². The molecule has 0 aliphatic carbocycles. The van der Waals surface area contributed by atoms with Gasteiger partial charge in [0.1, 0.15) is 17.5 Å². The summed E-state index contributed by atoms with van der Waals surface area (Å²) in [6.45, 7) is 4.53. The number of aryl methyl sites for hydroxylation is 1. The first kappa shape index (κ1) is 22.6. The summed E-state index contributed by atoms with van der Waals surface area (Å²) in [5.74, 6) is 1.05. The van der Waals surface area contributed by atoms with E-state index in [2.05, 4.69) is 9.88 Å². The Morgan fingerprint density at radius 2 is 1.94 bits per heavy atom. The van der Waals surface area contributed by atoms with Gasteiger partial charge in [-0.05, 0) is 30.5 Å². The molecule has 0 radical (unpaired) electrons. The van der Waals surface area contributed by atoms with Crippen LogP contribution in [0.15, 0.2) is 35.7 Å². The summed E-state index contributed by atoms with van der Waals surface area (Å²) >= 11 is 7.76. The third-order valence-corrected chi connectivity index (χ3v) is 6.69. The lowest BCUT2D eigenvalue weighted by Crippen LogP contribution is -2.49. The molecule has 2 aromatic heterocycles. The van der Waals surface area contributed by atoms with Crippen molar-refractivity contribution in [2.75, 3.05) is 38.2 Å². The summed E-state index contributed by atoms with van der Waals surface area (Å²) in [4.78, 5) is 26.7. The number of carbonyl (C=O) groups is 1. The molecule has 0 saturated carbocycles. The largest absolute Gasteiger partial charge is 0.378 e. The second kappa shape index (κ2) is 9.94. The predicted octanol–water partition coefficient (Wildman–Crippen LogP) is 4.34. The van der Waals surface area contributed by atoms with Gasteiger partial charge in [-0.1, -0.05) is 23.7 Å². The third-order valence-electron chi connectivity index (χ3n) is 5.48. The number of methoxy groups -OCH3 is 1. The van der Waals surface area contributed by atoms with Crippen molar-refractivity contribution in [3.63, 3.8) is 0 Å². The highest BCUT2D eigenvalue weighted by atomic mass is 35.5. The highest BCUT2D eigenvalue weighted by molar-refractivity contribution is 7.12. The van der Waals surface area contributed by atoms with Crippen LogP contribution in [0.3, 0.4) is 0 Å². The molecule has 4 rings (SSSR count). The van der Waals surface area contributed by atoms with Crippen molar-refractivity contribution in [3.8, 4) is 0 Å². The van der Waals surface area contributed by atoms with Gasteiger partial charge >= 0.3 is 0 Å². The summed E-state index contributed by atoms with van der Waals surface area (Å²) in [5.41, 5.74) is 1.92. The molecule has 0 N–H and O–H groups in total. The fourth-order valence-electron chi connectivity index (χ4n) is 3.89. The van der Waals surface area contributed by atoms with Crippen LogP contribution in [-0.2, 0) is 17.8 Å². The molecule has 0 spiro atoms. The number of halogens is 2. The molecule has 3 heterocycles. The van der Waals surface area contributed by atoms with E-state index in [1.54, 1.807) is 19.2 Å². The smallest absolute Gasteiger partial charge is 0.264 e. The van der Waals surface area contributed by atoms with Gasteiger partial charge in [0.25, 0.3) is 5.91 Å². The van der Waals surface area contributed by atoms with Gasteiger partial charge in [-0.3, -0.25) is 4.79 Å². The lowest BCUT2D eigenvalue weighted by atomic mass is 10.0. The normalized spacial score (nSPS) is 14.1. The molecular formula is C23H24ClFN4O2S. The molecular weight excluding hydrogens is 451 g/mol. The number of piperazine rings is 1. The fraction of sp³-hybridized carbons (Fsp3) is 0.348. The minimum absolute atomic E-state index is 0.0527. The lowest BCUT2D eigenvalue weighted by Gasteiger charge is -2.36. The number of hydrogen-bond acceptors (Lipinski definition) is 6. The Balaban J connectivity index is 1.63. The van der Waals surface area contributed by atoms with E-state index in [0.29, 0.717) is 48.3 Å². The van der Waals surface area contributed by atoms with Crippen molar-refractivity contribution in [2.24, 2.45) is 0 Å². The zero-order valence-corrected chi connectivity index (χ0v) is 19.5. The number of ether oxygens (including phenoxy) is 1. The first-order valence-electron chi connectivity index (χ1n) is 10.3. The highest BCUT2D eigenvalue weighted by Gasteiger charge is 2.27. The zero-order valence-electron chi connectivity index (χ0n) is 18.0. The molecule has 1 saturated heterocycles. The summed E-state index contributed by atoms with van der Waals surface area (Å²) in [6, 6.07) is 8.41. The van der Waals surface area contributed by atoms with Crippen LogP contribution < -0.4 is 4.90 Å². The van der Waals surface area contributed by atoms with Crippen molar-refractivity contribution in [1.82, 2.24) is 14.9 Å². The number of benzene rings is 1. The summed E-state index contributed by atoms with van der Waals surface area (Å²) in [6.07, 6.45) is 0.258. The van der Waals surface area contributed by atoms with E-state index in [9.17, 15) is 9.18 Å². The second-order valence-corrected chi connectivity index (χ2v) is 8.94. The van der Waals surface area contributed by atoms with Gasteiger partial charge in [-0.25, -0.2) is 14.4 Å². The van der Waals surface area contributed by atoms with Crippen molar-refractivity contribution in [2.45, 2.75) is 20.0 Å². The van der Waals surface area contributed by atoms with Gasteiger partial charge in [0.15, 0.2) is 0 Å². The quantitative estimate of drug-likeness (QED) is 0.532. The van der Waals surface area contributed by atoms with Gasteiger partial charge in [-0.2, -0.15) is 0 Å². The molecule has 168 valence electrons. The van der Waals surface area contributed by atoms with E-state index in [0.717, 1.165) is 16.3 Å². The highest BCUT2D eigenvalue weighted by Crippen LogP contribution is 2.30. The van der Waals surface area contributed by atoms with Crippen LogP contribution in [0.1, 0.15) is 32.3 Å². The molecule has 0 unspecified atom stereocenters. The first-order valence-corrected chi connectivity index (χ1v) is 11.6. The molecule has 0 bridgehead atoms. The maximum absolute atomic E-state index is 14.6. The summed E-state index contributed by atoms with van der Waals surface area (Å²) in [5, 5.41) is 2.27. The Labute approximate surface area is 195 Å². The Hall–Kier alpha value is -2.55. The molecule has 1 amide bonds. The third kappa shape index (κ3) is 4.77. The molecule has 1 aromatic carbocycles. The Morgan fingerprint density at radius 1 is 1.16 bits per heavy atom. The minimum atomic E-state index is -0.362. The molecule has 3 aromatic rings. The van der Waals surface area contributed by atoms with E-state index < -0.39 is 0 Å². The van der Waals surface area contributed by atoms with Crippen LogP contribution in [0.25, 0.3) is 0 Å². The number of hydrogen-bond donors (Lipinski definition) is 0. The number of carbonyl (C=O) groups excluding carboxylic acids is 1. The molecule has 32 heavy (non-hydrogen) atoms. The number of rotatable bonds is 6. The number of aromatic nitrogens is 2. The number of anilines is 1. The molecule has 6 nitrogen and oxygen atoms in total. The van der Waals surface area contributed by atoms with E-state index in [1.165, 1.54) is 17.4 Å². The average Bonchev–Trinajstić information content (AvgIpc) is 3.32. The van der Waals surface area contributed by atoms with Crippen LogP contribution in [0, 0.1) is 12.7 Å². The van der Waals surface area contributed by atoms with Crippen LogP contribution in [0.5, 0.6) is 0 Å². The van der Waals surface area contributed by atoms with Gasteiger partial charge in [-0.15, -0.1) is 11.3 Å². The summed E-state index contributed by atoms with van der Waals surface area (Å²) in [7, 11) is 1.60. The van der Waals surface area contributed by atoms with E-state index in [4.69, 9.17) is 21.3 Å². The average molecular weight is 475 g/mol. The maximum Gasteiger partial charge on any atom is 0.264 e. The van der Waals surface area contributed by atoms with Crippen LogP contribution in [-0.4, -0.2) is 54.1 Å². The van der Waals surface area contributed by atoms with Crippen molar-refractivity contribution in [3.05, 3.63) is 74.1 Å². The maximum atomic E-state index is 14.6. The first-order chi connectivity index (χ1) is 15.5. The SMILES string of the molecule is COCc1nc(C)nc(N2CCN(C(=O)c3cccs3)CC2)c1Cc1c(F)cccc1Cl. The summed E-state index contributed by atoms with van der Waals surface area (Å²) < 4.78 is 19.9. The number of amides is 1. The number of nitrogens with zero attached hydrogens (tertiary/aromatic N) is 4. The van der Waals surface area contributed by atoms with E-state index >= 15 is 0 Å². The molecule has 1 aliphatic heterocycles. The minimum Gasteiger partial charge on any atom is -0.378 e. The van der Waals surface area contributed by atoms with Gasteiger partial charge in [0.2, 0.25) is 0 Å².